The molecule has 6 rings (SSSR count). The van der Waals surface area contributed by atoms with Crippen molar-refractivity contribution in [3.05, 3.63) is 41.9 Å². The van der Waals surface area contributed by atoms with E-state index in [4.69, 9.17) is 4.74 Å². The van der Waals surface area contributed by atoms with Gasteiger partial charge in [-0.25, -0.2) is 8.91 Å². The smallest absolute Gasteiger partial charge is 0.216 e. The highest BCUT2D eigenvalue weighted by Gasteiger charge is 2.25. The molecule has 2 aromatic rings. The second kappa shape index (κ2) is 6.39. The van der Waals surface area contributed by atoms with Crippen molar-refractivity contribution < 1.29 is 9.13 Å². The number of hydrogen-bond acceptors (Lipinski definition) is 5. The molecule has 1 aliphatic carbocycles. The monoisotopic (exact) mass is 355 g/mol. The van der Waals surface area contributed by atoms with Gasteiger partial charge in [-0.05, 0) is 18.9 Å². The van der Waals surface area contributed by atoms with Gasteiger partial charge in [-0.3, -0.25) is 4.90 Å². The van der Waals surface area contributed by atoms with E-state index in [0.29, 0.717) is 36.2 Å². The van der Waals surface area contributed by atoms with Crippen molar-refractivity contribution in [3.63, 3.8) is 0 Å². The molecule has 3 aliphatic heterocycles. The first kappa shape index (κ1) is 15.8. The lowest BCUT2D eigenvalue weighted by Gasteiger charge is -2.33. The maximum atomic E-state index is 14.7. The molecule has 26 heavy (non-hydrogen) atoms. The van der Waals surface area contributed by atoms with Crippen LogP contribution in [0.2, 0.25) is 0 Å². The van der Waals surface area contributed by atoms with E-state index in [1.807, 2.05) is 24.4 Å². The van der Waals surface area contributed by atoms with Crippen molar-refractivity contribution in [2.24, 2.45) is 0 Å². The minimum absolute atomic E-state index is 0.376. The summed E-state index contributed by atoms with van der Waals surface area (Å²) in [7, 11) is 0. The van der Waals surface area contributed by atoms with Crippen molar-refractivity contribution in [2.75, 3.05) is 26.2 Å². The Bertz CT molecular complexity index is 881. The lowest BCUT2D eigenvalue weighted by Crippen LogP contribution is -2.43. The average Bonchev–Trinajstić information content (AvgIpc) is 3.07. The van der Waals surface area contributed by atoms with Crippen LogP contribution >= 0.6 is 0 Å². The molecule has 1 fully saturated rings. The summed E-state index contributed by atoms with van der Waals surface area (Å²) in [5.41, 5.74) is 3.02. The number of piperidine rings is 1. The molecule has 1 N–H and O–H groups in total. The molecule has 6 nitrogen and oxygen atoms in total. The van der Waals surface area contributed by atoms with Gasteiger partial charge in [-0.1, -0.05) is 6.08 Å². The van der Waals surface area contributed by atoms with E-state index in [0.717, 1.165) is 43.7 Å². The number of alkyl halides is 1. The molecule has 0 aromatic carbocycles. The number of rotatable bonds is 0. The van der Waals surface area contributed by atoms with Crippen LogP contribution in [0.15, 0.2) is 36.3 Å². The first-order chi connectivity index (χ1) is 12.8. The first-order valence-electron chi connectivity index (χ1n) is 9.28. The van der Waals surface area contributed by atoms with Crippen LogP contribution in [0.1, 0.15) is 24.8 Å². The molecule has 0 radical (unpaired) electrons. The summed E-state index contributed by atoms with van der Waals surface area (Å²) in [5, 5.41) is 7.94. The molecule has 1 atom stereocenters. The largest absolute Gasteiger partial charge is 0.476 e. The van der Waals surface area contributed by atoms with Crippen molar-refractivity contribution in [2.45, 2.75) is 31.5 Å². The van der Waals surface area contributed by atoms with E-state index in [1.165, 1.54) is 0 Å². The van der Waals surface area contributed by atoms with Crippen LogP contribution in [0.3, 0.4) is 0 Å². The van der Waals surface area contributed by atoms with Gasteiger partial charge in [0.05, 0.1) is 6.20 Å². The maximum absolute atomic E-state index is 14.7. The lowest BCUT2D eigenvalue weighted by atomic mass is 9.95. The van der Waals surface area contributed by atoms with Gasteiger partial charge in [-0.2, -0.15) is 10.1 Å². The van der Waals surface area contributed by atoms with E-state index in [1.54, 1.807) is 10.7 Å². The van der Waals surface area contributed by atoms with E-state index in [-0.39, 0.29) is 0 Å². The Morgan fingerprint density at radius 1 is 1.23 bits per heavy atom. The third kappa shape index (κ3) is 2.86. The summed E-state index contributed by atoms with van der Waals surface area (Å²) < 4.78 is 22.2. The fourth-order valence-electron chi connectivity index (χ4n) is 3.97. The zero-order valence-electron chi connectivity index (χ0n) is 14.6. The van der Waals surface area contributed by atoms with Crippen LogP contribution in [0.5, 0.6) is 5.88 Å². The Labute approximate surface area is 151 Å². The topological polar surface area (TPSA) is 54.7 Å². The van der Waals surface area contributed by atoms with Gasteiger partial charge in [0.2, 0.25) is 5.88 Å². The van der Waals surface area contributed by atoms with E-state index >= 15 is 0 Å². The summed E-state index contributed by atoms with van der Waals surface area (Å²) >= 11 is 0. The zero-order valence-corrected chi connectivity index (χ0v) is 14.6. The number of hydrogen-bond donors (Lipinski definition) is 1. The molecular weight excluding hydrogens is 333 g/mol. The van der Waals surface area contributed by atoms with Crippen molar-refractivity contribution >= 4 is 11.2 Å². The highest BCUT2D eigenvalue weighted by atomic mass is 19.1. The van der Waals surface area contributed by atoms with Crippen molar-refractivity contribution in [1.29, 1.82) is 0 Å². The zero-order chi connectivity index (χ0) is 17.5. The summed E-state index contributed by atoms with van der Waals surface area (Å²) in [5.74, 6) is 0.560. The Kier molecular flexibility index (Phi) is 3.89. The van der Waals surface area contributed by atoms with Gasteiger partial charge in [-0.15, -0.1) is 0 Å². The molecule has 0 spiro atoms. The van der Waals surface area contributed by atoms with E-state index in [2.05, 4.69) is 20.3 Å². The molecule has 1 saturated heterocycles. The van der Waals surface area contributed by atoms with Crippen molar-refractivity contribution in [3.8, 4) is 5.88 Å². The van der Waals surface area contributed by atoms with E-state index in [9.17, 15) is 4.39 Å². The minimum Gasteiger partial charge on any atom is -0.476 e. The number of allylic oxidation sites excluding steroid dienone is 3. The Morgan fingerprint density at radius 3 is 3.00 bits per heavy atom. The molecule has 5 heterocycles. The van der Waals surface area contributed by atoms with Crippen LogP contribution in [0.25, 0.3) is 11.2 Å². The second-order valence-electron chi connectivity index (χ2n) is 7.16. The van der Waals surface area contributed by atoms with Crippen LogP contribution < -0.4 is 10.1 Å². The predicted molar refractivity (Wildman–Crippen MR) is 96.7 cm³/mol. The average molecular weight is 355 g/mol. The Morgan fingerprint density at radius 2 is 2.12 bits per heavy atom. The molecule has 7 heteroatoms. The number of ether oxygens (including phenoxy) is 1. The first-order valence-corrected chi connectivity index (χ1v) is 9.28. The number of nitrogens with zero attached hydrogens (tertiary/aromatic N) is 4. The summed E-state index contributed by atoms with van der Waals surface area (Å²) in [6.07, 6.45) is 8.91. The minimum atomic E-state index is -1.04. The normalized spacial score (nSPS) is 28.6. The van der Waals surface area contributed by atoms with Gasteiger partial charge < -0.3 is 10.1 Å². The fourth-order valence-corrected chi connectivity index (χ4v) is 3.97. The molecule has 4 aliphatic rings. The Balaban J connectivity index is 1.59. The molecule has 6 bridgehead atoms. The highest BCUT2D eigenvalue weighted by molar-refractivity contribution is 5.80. The third-order valence-corrected chi connectivity index (χ3v) is 5.46. The molecular formula is C19H22FN5O. The summed E-state index contributed by atoms with van der Waals surface area (Å²) in [6, 6.07) is 2.24. The van der Waals surface area contributed by atoms with Crippen LogP contribution in [0.4, 0.5) is 4.39 Å². The molecule has 1 unspecified atom stereocenters. The van der Waals surface area contributed by atoms with Crippen LogP contribution in [0, 0.1) is 0 Å². The highest BCUT2D eigenvalue weighted by Crippen LogP contribution is 2.31. The molecule has 2 aromatic heterocycles. The second-order valence-corrected chi connectivity index (χ2v) is 7.16. The van der Waals surface area contributed by atoms with E-state index < -0.39 is 6.17 Å². The predicted octanol–water partition coefficient (Wildman–Crippen LogP) is 2.18. The Hall–Kier alpha value is -2.41. The lowest BCUT2D eigenvalue weighted by molar-refractivity contribution is 0.166. The number of halogens is 1. The maximum Gasteiger partial charge on any atom is 0.216 e. The molecule has 0 saturated carbocycles. The van der Waals surface area contributed by atoms with Gasteiger partial charge in [0.25, 0.3) is 0 Å². The molecule has 136 valence electrons. The molecule has 0 amide bonds. The van der Waals surface area contributed by atoms with Gasteiger partial charge >= 0.3 is 0 Å². The van der Waals surface area contributed by atoms with Crippen LogP contribution in [-0.4, -0.2) is 58.0 Å². The van der Waals surface area contributed by atoms with Gasteiger partial charge in [0, 0.05) is 61.2 Å². The third-order valence-electron chi connectivity index (χ3n) is 5.46. The number of aromatic nitrogens is 3. The summed E-state index contributed by atoms with van der Waals surface area (Å²) in [6.45, 7) is 3.59. The van der Waals surface area contributed by atoms with Gasteiger partial charge in [0.1, 0.15) is 12.8 Å². The standard InChI is InChI=1S/C19H22FN5O/c20-17-2-1-14-11-15(17)16-12-21-25-8-5-18(23-19(16)25)26-10-9-24-6-3-13(22-14)4-7-24/h1,5,8,11-13,17,22H,2-4,6-7,9-10H2. The number of nitrogens with one attached hydrogen (secondary N) is 1. The van der Waals surface area contributed by atoms with Crippen LogP contribution in [-0.2, 0) is 0 Å². The fraction of sp³-hybridized carbons (Fsp3) is 0.474. The van der Waals surface area contributed by atoms with Gasteiger partial charge in [0.15, 0.2) is 5.65 Å². The quantitative estimate of drug-likeness (QED) is 0.785. The number of fused-ring (bicyclic) bond motifs is 4. The summed E-state index contributed by atoms with van der Waals surface area (Å²) in [4.78, 5) is 7.01. The SMILES string of the molecule is FC1CC=C2C=C1c1cnn3ccc(nc13)OCCN1CCC(CC1)N2. The van der Waals surface area contributed by atoms with Crippen molar-refractivity contribution in [1.82, 2.24) is 24.8 Å².